The van der Waals surface area contributed by atoms with Crippen LogP contribution in [0.15, 0.2) is 0 Å². The number of hydrogen-bond acceptors (Lipinski definition) is 5. The number of rotatable bonds is 59. The molecule has 0 bridgehead atoms. The van der Waals surface area contributed by atoms with Crippen LogP contribution < -0.4 is 5.32 Å². The molecule has 6 heteroatoms. The Labute approximate surface area is 426 Å². The van der Waals surface area contributed by atoms with Crippen LogP contribution in [0.2, 0.25) is 0 Å². The van der Waals surface area contributed by atoms with Gasteiger partial charge in [-0.3, -0.25) is 9.59 Å². The molecule has 0 spiro atoms. The number of carbonyl (C=O) groups is 2. The molecule has 406 valence electrons. The number of ether oxygens (including phenoxy) is 1. The summed E-state index contributed by atoms with van der Waals surface area (Å²) < 4.78 is 5.49. The first kappa shape index (κ1) is 66.9. The summed E-state index contributed by atoms with van der Waals surface area (Å²) in [6.07, 6.45) is 68.3. The molecule has 0 saturated carbocycles. The predicted molar refractivity (Wildman–Crippen MR) is 297 cm³/mol. The number of amides is 1. The lowest BCUT2D eigenvalue weighted by atomic mass is 10.0. The van der Waals surface area contributed by atoms with Gasteiger partial charge < -0.3 is 20.3 Å². The van der Waals surface area contributed by atoms with Crippen molar-refractivity contribution in [3.05, 3.63) is 0 Å². The summed E-state index contributed by atoms with van der Waals surface area (Å²) in [6, 6.07) is -0.538. The standard InChI is InChI=1S/C62H123NO5/c1-3-5-7-9-11-13-15-17-28-32-36-40-44-48-52-56-62(67)68-57-53-49-45-41-37-33-30-27-25-23-21-19-18-20-22-24-26-29-31-35-39-43-47-51-55-61(66)63-59(58-64)60(65)54-50-46-42-38-34-16-14-12-10-8-6-4-2/h59-60,64-65H,3-58H2,1-2H3,(H,63,66). The van der Waals surface area contributed by atoms with E-state index >= 15 is 0 Å². The molecule has 0 fully saturated rings. The molecule has 0 aliphatic rings. The fraction of sp³-hybridized carbons (Fsp3) is 0.968. The first-order valence-corrected chi connectivity index (χ1v) is 31.3. The SMILES string of the molecule is CCCCCCCCCCCCCCCCCC(=O)OCCCCCCCCCCCCCCCCCCCCCCCCCCC(=O)NC(CO)C(O)CCCCCCCCCCCCCC. The molecule has 68 heavy (non-hydrogen) atoms. The highest BCUT2D eigenvalue weighted by molar-refractivity contribution is 5.76. The minimum Gasteiger partial charge on any atom is -0.466 e. The van der Waals surface area contributed by atoms with E-state index in [0.717, 1.165) is 38.5 Å². The van der Waals surface area contributed by atoms with E-state index in [0.29, 0.717) is 25.9 Å². The molecule has 0 aliphatic carbocycles. The van der Waals surface area contributed by atoms with E-state index < -0.39 is 12.1 Å². The lowest BCUT2D eigenvalue weighted by Crippen LogP contribution is -2.45. The van der Waals surface area contributed by atoms with Gasteiger partial charge in [0.05, 0.1) is 25.4 Å². The van der Waals surface area contributed by atoms with Crippen molar-refractivity contribution in [3.8, 4) is 0 Å². The number of carbonyl (C=O) groups excluding carboxylic acids is 2. The molecule has 3 N–H and O–H groups in total. The molecule has 0 radical (unpaired) electrons. The normalized spacial score (nSPS) is 12.5. The average Bonchev–Trinajstić information content (AvgIpc) is 3.34. The van der Waals surface area contributed by atoms with Crippen molar-refractivity contribution < 1.29 is 24.5 Å². The van der Waals surface area contributed by atoms with Crippen LogP contribution in [0.25, 0.3) is 0 Å². The van der Waals surface area contributed by atoms with Crippen molar-refractivity contribution in [1.29, 1.82) is 0 Å². The summed E-state index contributed by atoms with van der Waals surface area (Å²) in [5.74, 6) is -0.0128. The first-order valence-electron chi connectivity index (χ1n) is 31.3. The molecule has 2 atom stereocenters. The third-order valence-corrected chi connectivity index (χ3v) is 14.9. The number of esters is 1. The molecule has 1 amide bonds. The molecule has 0 rings (SSSR count). The summed E-state index contributed by atoms with van der Waals surface area (Å²) in [6.45, 7) is 4.98. The van der Waals surface area contributed by atoms with Crippen LogP contribution in [0.3, 0.4) is 0 Å². The molecule has 0 aromatic carbocycles. The van der Waals surface area contributed by atoms with Gasteiger partial charge in [0.25, 0.3) is 0 Å². The second-order valence-corrected chi connectivity index (χ2v) is 21.8. The summed E-state index contributed by atoms with van der Waals surface area (Å²) in [5, 5.41) is 23.2. The maximum atomic E-state index is 12.5. The van der Waals surface area contributed by atoms with E-state index in [1.165, 1.54) is 289 Å². The van der Waals surface area contributed by atoms with Crippen molar-refractivity contribution in [2.75, 3.05) is 13.2 Å². The molecule has 0 aromatic rings. The summed E-state index contributed by atoms with van der Waals surface area (Å²) >= 11 is 0. The number of aliphatic hydroxyl groups is 2. The minimum absolute atomic E-state index is 0.0192. The lowest BCUT2D eigenvalue weighted by Gasteiger charge is -2.22. The van der Waals surface area contributed by atoms with Crippen LogP contribution in [0, 0.1) is 0 Å². The summed E-state index contributed by atoms with van der Waals surface area (Å²) in [4.78, 5) is 24.5. The van der Waals surface area contributed by atoms with Crippen LogP contribution in [-0.2, 0) is 14.3 Å². The zero-order valence-corrected chi connectivity index (χ0v) is 46.4. The van der Waals surface area contributed by atoms with Gasteiger partial charge in [0.2, 0.25) is 5.91 Å². The zero-order valence-electron chi connectivity index (χ0n) is 46.4. The largest absolute Gasteiger partial charge is 0.466 e. The molecule has 6 nitrogen and oxygen atoms in total. The Morgan fingerprint density at radius 2 is 0.603 bits per heavy atom. The van der Waals surface area contributed by atoms with Crippen molar-refractivity contribution in [3.63, 3.8) is 0 Å². The van der Waals surface area contributed by atoms with Gasteiger partial charge in [-0.15, -0.1) is 0 Å². The quantitative estimate of drug-likeness (QED) is 0.0417. The Hall–Kier alpha value is -1.14. The molecular weight excluding hydrogens is 839 g/mol. The van der Waals surface area contributed by atoms with E-state index in [1.54, 1.807) is 0 Å². The van der Waals surface area contributed by atoms with Crippen molar-refractivity contribution >= 4 is 11.9 Å². The highest BCUT2D eigenvalue weighted by Gasteiger charge is 2.20. The van der Waals surface area contributed by atoms with Crippen LogP contribution in [-0.4, -0.2) is 47.4 Å². The molecule has 0 saturated heterocycles. The molecule has 0 aliphatic heterocycles. The minimum atomic E-state index is -0.661. The van der Waals surface area contributed by atoms with Crippen molar-refractivity contribution in [2.45, 2.75) is 373 Å². The maximum absolute atomic E-state index is 12.5. The van der Waals surface area contributed by atoms with Gasteiger partial charge in [-0.1, -0.05) is 322 Å². The van der Waals surface area contributed by atoms with Gasteiger partial charge in [-0.2, -0.15) is 0 Å². The Morgan fingerprint density at radius 3 is 0.897 bits per heavy atom. The molecule has 2 unspecified atom stereocenters. The first-order chi connectivity index (χ1) is 33.5. The fourth-order valence-corrected chi connectivity index (χ4v) is 10.1. The van der Waals surface area contributed by atoms with Crippen LogP contribution >= 0.6 is 0 Å². The second-order valence-electron chi connectivity index (χ2n) is 21.8. The zero-order chi connectivity index (χ0) is 49.3. The Kier molecular flexibility index (Phi) is 57.5. The predicted octanol–water partition coefficient (Wildman–Crippen LogP) is 19.5. The number of aliphatic hydroxyl groups excluding tert-OH is 2. The van der Waals surface area contributed by atoms with E-state index in [2.05, 4.69) is 19.2 Å². The van der Waals surface area contributed by atoms with Gasteiger partial charge in [0.15, 0.2) is 0 Å². The van der Waals surface area contributed by atoms with Crippen molar-refractivity contribution in [1.82, 2.24) is 5.32 Å². The third kappa shape index (κ3) is 54.2. The van der Waals surface area contributed by atoms with Gasteiger partial charge in [-0.25, -0.2) is 0 Å². The van der Waals surface area contributed by atoms with Crippen LogP contribution in [0.1, 0.15) is 361 Å². The second kappa shape index (κ2) is 58.4. The summed E-state index contributed by atoms with van der Waals surface area (Å²) in [5.41, 5.74) is 0. The molecule has 0 heterocycles. The number of hydrogen-bond donors (Lipinski definition) is 3. The van der Waals surface area contributed by atoms with E-state index in [9.17, 15) is 19.8 Å². The van der Waals surface area contributed by atoms with E-state index in [-0.39, 0.29) is 18.5 Å². The van der Waals surface area contributed by atoms with Gasteiger partial charge in [0, 0.05) is 12.8 Å². The van der Waals surface area contributed by atoms with E-state index in [4.69, 9.17) is 4.74 Å². The van der Waals surface area contributed by atoms with Crippen LogP contribution in [0.5, 0.6) is 0 Å². The Balaban J connectivity index is 3.33. The topological polar surface area (TPSA) is 95.9 Å². The smallest absolute Gasteiger partial charge is 0.305 e. The number of nitrogens with one attached hydrogen (secondary N) is 1. The fourth-order valence-electron chi connectivity index (χ4n) is 10.1. The maximum Gasteiger partial charge on any atom is 0.305 e. The highest BCUT2D eigenvalue weighted by Crippen LogP contribution is 2.19. The van der Waals surface area contributed by atoms with Gasteiger partial charge in [0.1, 0.15) is 0 Å². The Morgan fingerprint density at radius 1 is 0.353 bits per heavy atom. The van der Waals surface area contributed by atoms with Crippen LogP contribution in [0.4, 0.5) is 0 Å². The summed E-state index contributed by atoms with van der Waals surface area (Å²) in [7, 11) is 0. The Bertz CT molecular complexity index is 975. The highest BCUT2D eigenvalue weighted by atomic mass is 16.5. The van der Waals surface area contributed by atoms with E-state index in [1.807, 2.05) is 0 Å². The molecule has 0 aromatic heterocycles. The third-order valence-electron chi connectivity index (χ3n) is 14.9. The molecular formula is C62H123NO5. The monoisotopic (exact) mass is 962 g/mol. The number of unbranched alkanes of at least 4 members (excludes halogenated alkanes) is 48. The average molecular weight is 963 g/mol. The van der Waals surface area contributed by atoms with Gasteiger partial charge >= 0.3 is 5.97 Å². The van der Waals surface area contributed by atoms with Crippen molar-refractivity contribution in [2.24, 2.45) is 0 Å². The van der Waals surface area contributed by atoms with Gasteiger partial charge in [-0.05, 0) is 25.7 Å². The lowest BCUT2D eigenvalue weighted by molar-refractivity contribution is -0.143.